The van der Waals surface area contributed by atoms with Gasteiger partial charge in [-0.05, 0) is 42.5 Å². The van der Waals surface area contributed by atoms with Crippen LogP contribution in [0.15, 0.2) is 42.6 Å². The fraction of sp³-hybridized carbons (Fsp3) is 0.450. The lowest BCUT2D eigenvalue weighted by Gasteiger charge is -2.20. The fourth-order valence-corrected chi connectivity index (χ4v) is 4.52. The van der Waals surface area contributed by atoms with Crippen molar-refractivity contribution < 1.29 is 22.4 Å². The Labute approximate surface area is 170 Å². The molecule has 4 atom stereocenters. The zero-order valence-electron chi connectivity index (χ0n) is 15.9. The highest BCUT2D eigenvalue weighted by Gasteiger charge is 2.36. The predicted molar refractivity (Wildman–Crippen MR) is 108 cm³/mol. The first kappa shape index (κ1) is 20.1. The van der Waals surface area contributed by atoms with Crippen LogP contribution in [-0.2, 0) is 20.9 Å². The van der Waals surface area contributed by atoms with Crippen LogP contribution in [0.3, 0.4) is 0 Å². The number of nitrogens with two attached hydrogens (primary N) is 1. The van der Waals surface area contributed by atoms with Crippen molar-refractivity contribution in [3.8, 4) is 5.75 Å². The van der Waals surface area contributed by atoms with E-state index in [9.17, 15) is 13.5 Å². The summed E-state index contributed by atoms with van der Waals surface area (Å²) in [4.78, 5) is 4.44. The minimum Gasteiger partial charge on any atom is -0.486 e. The lowest BCUT2D eigenvalue weighted by atomic mass is 10.1. The second kappa shape index (κ2) is 8.27. The van der Waals surface area contributed by atoms with Crippen LogP contribution in [0.5, 0.6) is 5.75 Å². The summed E-state index contributed by atoms with van der Waals surface area (Å²) in [6, 6.07) is 12.2. The third-order valence-electron chi connectivity index (χ3n) is 5.57. The standard InChI is InChI=1S/C20H25N3O5S/c21-29(25,26)27-12-14-10-15(11-18(14)24)28-19-6-3-9-22-20(19)23-17-8-7-13-4-1-2-5-16(13)17/h1-6,9,14-15,17-18,24H,7-8,10-12H2,(H,22,23)(H2,21,25,26)/t14-,15+,17-,18-/m0/s1. The average Bonchev–Trinajstić information content (AvgIpc) is 3.24. The molecule has 156 valence electrons. The van der Waals surface area contributed by atoms with Gasteiger partial charge in [0.15, 0.2) is 11.6 Å². The van der Waals surface area contributed by atoms with Crippen molar-refractivity contribution in [2.24, 2.45) is 11.1 Å². The molecular formula is C20H25N3O5S. The van der Waals surface area contributed by atoms with E-state index in [0.717, 1.165) is 12.8 Å². The number of fused-ring (bicyclic) bond motifs is 1. The summed E-state index contributed by atoms with van der Waals surface area (Å²) >= 11 is 0. The number of nitrogens with one attached hydrogen (secondary N) is 1. The normalized spacial score (nSPS) is 26.3. The first-order chi connectivity index (χ1) is 13.9. The second-order valence-electron chi connectivity index (χ2n) is 7.60. The van der Waals surface area contributed by atoms with Gasteiger partial charge in [-0.15, -0.1) is 0 Å². The lowest BCUT2D eigenvalue weighted by Crippen LogP contribution is -2.24. The molecule has 1 saturated carbocycles. The van der Waals surface area contributed by atoms with Gasteiger partial charge in [0, 0.05) is 18.5 Å². The molecule has 0 aliphatic heterocycles. The molecule has 0 bridgehead atoms. The smallest absolute Gasteiger partial charge is 0.333 e. The Balaban J connectivity index is 1.42. The summed E-state index contributed by atoms with van der Waals surface area (Å²) in [5.41, 5.74) is 2.63. The Morgan fingerprint density at radius 2 is 2.03 bits per heavy atom. The number of anilines is 1. The van der Waals surface area contributed by atoms with Crippen LogP contribution >= 0.6 is 0 Å². The molecule has 4 rings (SSSR count). The molecule has 0 spiro atoms. The topological polar surface area (TPSA) is 124 Å². The Kier molecular flexibility index (Phi) is 5.73. The Morgan fingerprint density at radius 3 is 2.86 bits per heavy atom. The monoisotopic (exact) mass is 419 g/mol. The number of aromatic nitrogens is 1. The van der Waals surface area contributed by atoms with E-state index in [4.69, 9.17) is 9.88 Å². The molecule has 1 aromatic heterocycles. The van der Waals surface area contributed by atoms with Crippen LogP contribution in [0.4, 0.5) is 5.82 Å². The van der Waals surface area contributed by atoms with Crippen LogP contribution in [0.25, 0.3) is 0 Å². The highest BCUT2D eigenvalue weighted by atomic mass is 32.2. The largest absolute Gasteiger partial charge is 0.486 e. The summed E-state index contributed by atoms with van der Waals surface area (Å²) in [6.45, 7) is -0.156. The Hall–Kier alpha value is -2.20. The SMILES string of the molecule is NS(=O)(=O)OC[C@@H]1C[C@@H](Oc2cccnc2N[C@H]2CCc3ccccc32)C[C@@H]1O. The summed E-state index contributed by atoms with van der Waals surface area (Å²) < 4.78 is 32.7. The van der Waals surface area contributed by atoms with Gasteiger partial charge in [-0.1, -0.05) is 24.3 Å². The van der Waals surface area contributed by atoms with Crippen molar-refractivity contribution in [3.05, 3.63) is 53.7 Å². The van der Waals surface area contributed by atoms with E-state index in [0.29, 0.717) is 24.4 Å². The van der Waals surface area contributed by atoms with Crippen LogP contribution in [0, 0.1) is 5.92 Å². The van der Waals surface area contributed by atoms with Crippen LogP contribution in [-0.4, -0.2) is 37.3 Å². The molecule has 8 nitrogen and oxygen atoms in total. The van der Waals surface area contributed by atoms with Crippen molar-refractivity contribution in [2.45, 2.75) is 43.9 Å². The number of pyridine rings is 1. The van der Waals surface area contributed by atoms with Crippen molar-refractivity contribution in [1.29, 1.82) is 0 Å². The number of aliphatic hydroxyl groups excluding tert-OH is 1. The molecule has 2 aromatic rings. The van der Waals surface area contributed by atoms with E-state index in [-0.39, 0.29) is 24.7 Å². The minimum absolute atomic E-state index is 0.156. The molecule has 1 heterocycles. The molecule has 0 amide bonds. The quantitative estimate of drug-likeness (QED) is 0.626. The molecule has 4 N–H and O–H groups in total. The summed E-state index contributed by atoms with van der Waals surface area (Å²) in [5, 5.41) is 18.6. The van der Waals surface area contributed by atoms with Crippen LogP contribution in [0.1, 0.15) is 36.4 Å². The fourth-order valence-electron chi connectivity index (χ4n) is 4.16. The molecule has 2 aliphatic rings. The number of hydrogen-bond donors (Lipinski definition) is 3. The summed E-state index contributed by atoms with van der Waals surface area (Å²) in [6.07, 6.45) is 3.61. The summed E-state index contributed by atoms with van der Waals surface area (Å²) in [7, 11) is -4.03. The molecule has 0 radical (unpaired) electrons. The van der Waals surface area contributed by atoms with E-state index < -0.39 is 16.4 Å². The van der Waals surface area contributed by atoms with Crippen molar-refractivity contribution in [1.82, 2.24) is 4.98 Å². The first-order valence-electron chi connectivity index (χ1n) is 9.70. The van der Waals surface area contributed by atoms with Crippen LogP contribution in [0.2, 0.25) is 0 Å². The first-order valence-corrected chi connectivity index (χ1v) is 11.2. The Morgan fingerprint density at radius 1 is 1.21 bits per heavy atom. The number of aryl methyl sites for hydroxylation is 1. The van der Waals surface area contributed by atoms with E-state index in [1.54, 1.807) is 12.3 Å². The van der Waals surface area contributed by atoms with E-state index in [1.807, 2.05) is 12.1 Å². The molecule has 2 aliphatic carbocycles. The zero-order valence-corrected chi connectivity index (χ0v) is 16.7. The maximum atomic E-state index is 11.0. The zero-order chi connectivity index (χ0) is 20.4. The molecule has 0 saturated heterocycles. The molecule has 29 heavy (non-hydrogen) atoms. The van der Waals surface area contributed by atoms with E-state index in [2.05, 4.69) is 32.7 Å². The van der Waals surface area contributed by atoms with Gasteiger partial charge in [0.05, 0.1) is 18.8 Å². The van der Waals surface area contributed by atoms with Gasteiger partial charge in [0.1, 0.15) is 6.10 Å². The molecular weight excluding hydrogens is 394 g/mol. The number of nitrogens with zero attached hydrogens (tertiary/aromatic N) is 1. The third-order valence-corrected chi connectivity index (χ3v) is 6.03. The Bertz CT molecular complexity index is 968. The molecule has 1 fully saturated rings. The third kappa shape index (κ3) is 4.87. The molecule has 9 heteroatoms. The maximum Gasteiger partial charge on any atom is 0.333 e. The number of aliphatic hydroxyl groups is 1. The van der Waals surface area contributed by atoms with Gasteiger partial charge in [-0.2, -0.15) is 8.42 Å². The number of rotatable bonds is 7. The second-order valence-corrected chi connectivity index (χ2v) is 8.82. The summed E-state index contributed by atoms with van der Waals surface area (Å²) in [5.74, 6) is 0.920. The van der Waals surface area contributed by atoms with Crippen molar-refractivity contribution >= 4 is 16.1 Å². The van der Waals surface area contributed by atoms with Gasteiger partial charge in [-0.3, -0.25) is 4.18 Å². The van der Waals surface area contributed by atoms with Crippen molar-refractivity contribution in [2.75, 3.05) is 11.9 Å². The highest BCUT2D eigenvalue weighted by Crippen LogP contribution is 2.37. The average molecular weight is 420 g/mol. The number of ether oxygens (including phenoxy) is 1. The van der Waals surface area contributed by atoms with E-state index in [1.165, 1.54) is 11.1 Å². The van der Waals surface area contributed by atoms with Gasteiger partial charge >= 0.3 is 10.3 Å². The van der Waals surface area contributed by atoms with Gasteiger partial charge in [0.2, 0.25) is 0 Å². The number of hydrogen-bond acceptors (Lipinski definition) is 7. The van der Waals surface area contributed by atoms with Gasteiger partial charge in [0.25, 0.3) is 0 Å². The highest BCUT2D eigenvalue weighted by molar-refractivity contribution is 7.84. The predicted octanol–water partition coefficient (Wildman–Crippen LogP) is 1.92. The lowest BCUT2D eigenvalue weighted by molar-refractivity contribution is 0.0988. The number of benzene rings is 1. The maximum absolute atomic E-state index is 11.0. The van der Waals surface area contributed by atoms with Crippen molar-refractivity contribution in [3.63, 3.8) is 0 Å². The molecule has 0 unspecified atom stereocenters. The van der Waals surface area contributed by atoms with Gasteiger partial charge in [-0.25, -0.2) is 10.1 Å². The van der Waals surface area contributed by atoms with Crippen LogP contribution < -0.4 is 15.2 Å². The van der Waals surface area contributed by atoms with Gasteiger partial charge < -0.3 is 15.2 Å². The van der Waals surface area contributed by atoms with E-state index >= 15 is 0 Å². The molecule has 1 aromatic carbocycles. The minimum atomic E-state index is -4.03.